The van der Waals surface area contributed by atoms with Gasteiger partial charge in [-0.15, -0.1) is 0 Å². The topological polar surface area (TPSA) is 496 Å². The third kappa shape index (κ3) is 11.7. The van der Waals surface area contributed by atoms with E-state index in [1.54, 1.807) is 0 Å². The number of phosphoric ester groups is 2. The average Bonchev–Trinajstić information content (AvgIpc) is 4.10. The summed E-state index contributed by atoms with van der Waals surface area (Å²) in [5.41, 5.74) is 9.40. The maximum absolute atomic E-state index is 13.6. The molecule has 8 heterocycles. The number of ether oxygens (including phenoxy) is 5. The van der Waals surface area contributed by atoms with Crippen molar-refractivity contribution in [1.29, 1.82) is 0 Å². The van der Waals surface area contributed by atoms with Crippen molar-refractivity contribution in [1.82, 2.24) is 43.6 Å². The molecular weight excluding hydrogens is 1080 g/mol. The SMILES string of the molecule is [B-]P(=O)(OC[C@H]1O[C@@H]([n+]2cn(C)c3c(=O)[nH]c(N)nc32)[C@H](O)[C@@H]1COC)OP(=O)(O)OP(=O)(O)OCC1O[C@@H](n2cnc3c(N)ncnc32)[C@H](OC)[C@@H]1OP(=O)(O)OC[C@H]1O[C@@H](n2ccc(=O)[nH]c2=O)[C@H](O)[C@@H]1O. The third-order valence-electron chi connectivity index (χ3n) is 11.5. The van der Waals surface area contributed by atoms with Crippen molar-refractivity contribution in [3.05, 3.63) is 62.4 Å². The lowest BCUT2D eigenvalue weighted by molar-refractivity contribution is -0.745. The number of hydrogen-bond acceptors (Lipinski definition) is 27. The summed E-state index contributed by atoms with van der Waals surface area (Å²) in [5.74, 6) is -1.31. The second kappa shape index (κ2) is 21.5. The largest absolute Gasteiger partial charge is 0.485 e. The number of aromatic nitrogens is 10. The second-order valence-corrected chi connectivity index (χ2v) is 22.6. The van der Waals surface area contributed by atoms with Crippen molar-refractivity contribution in [3.8, 4) is 0 Å². The number of nitrogens with two attached hydrogens (primary N) is 2. The minimum atomic E-state index is -6.05. The van der Waals surface area contributed by atoms with Crippen LogP contribution in [0.1, 0.15) is 18.7 Å². The Morgan fingerprint density at radius 2 is 1.49 bits per heavy atom. The van der Waals surface area contributed by atoms with E-state index < -0.39 is 141 Å². The van der Waals surface area contributed by atoms with Crippen molar-refractivity contribution >= 4 is 72.6 Å². The monoisotopic (exact) mass is 1130 g/mol. The first-order valence-corrected chi connectivity index (χ1v) is 27.3. The number of anilines is 2. The lowest BCUT2D eigenvalue weighted by Crippen LogP contribution is -2.45. The molecule has 0 saturated carbocycles. The molecule has 5 aromatic heterocycles. The van der Waals surface area contributed by atoms with Crippen LogP contribution in [0, 0.1) is 5.92 Å². The first kappa shape index (κ1) is 55.7. The van der Waals surface area contributed by atoms with Gasteiger partial charge in [-0.2, -0.15) is 4.31 Å². The first-order chi connectivity index (χ1) is 34.7. The molecule has 0 spiro atoms. The highest BCUT2D eigenvalue weighted by molar-refractivity contribution is 7.84. The molecule has 3 saturated heterocycles. The number of H-pyrrole nitrogens is 2. The van der Waals surface area contributed by atoms with Crippen LogP contribution >= 0.6 is 30.9 Å². The summed E-state index contributed by atoms with van der Waals surface area (Å²) in [4.78, 5) is 89.1. The van der Waals surface area contributed by atoms with E-state index >= 15 is 0 Å². The zero-order chi connectivity index (χ0) is 53.8. The van der Waals surface area contributed by atoms with Crippen molar-refractivity contribution in [2.24, 2.45) is 13.0 Å². The van der Waals surface area contributed by atoms with Crippen LogP contribution < -0.4 is 32.8 Å². The van der Waals surface area contributed by atoms with Crippen molar-refractivity contribution in [2.45, 2.75) is 67.5 Å². The molecule has 3 fully saturated rings. The van der Waals surface area contributed by atoms with Gasteiger partial charge in [0.05, 0.1) is 53.4 Å². The number of aromatic amines is 2. The molecule has 0 bridgehead atoms. The first-order valence-electron chi connectivity index (χ1n) is 21.2. The number of hydrogen-bond donors (Lipinski definition) is 10. The molecule has 16 atom stereocenters. The number of methoxy groups -OCH3 is 2. The van der Waals surface area contributed by atoms with Crippen LogP contribution in [0.3, 0.4) is 0 Å². The number of fused-ring (bicyclic) bond motifs is 2. The van der Waals surface area contributed by atoms with Gasteiger partial charge in [-0.05, 0) is 0 Å². The molecule has 41 heteroatoms. The zero-order valence-electron chi connectivity index (χ0n) is 38.3. The van der Waals surface area contributed by atoms with Crippen molar-refractivity contribution in [3.63, 3.8) is 0 Å². The number of nitrogens with zero attached hydrogens (tertiary/aromatic N) is 8. The summed E-state index contributed by atoms with van der Waals surface area (Å²) in [6.45, 7) is -3.27. The van der Waals surface area contributed by atoms with Gasteiger partial charge in [0.1, 0.15) is 54.6 Å². The molecule has 405 valence electrons. The Balaban J connectivity index is 0.939. The number of rotatable bonds is 21. The van der Waals surface area contributed by atoms with E-state index in [0.29, 0.717) is 0 Å². The summed E-state index contributed by atoms with van der Waals surface area (Å²) in [6.07, 6.45) is -13.0. The molecule has 0 amide bonds. The van der Waals surface area contributed by atoms with Crippen LogP contribution in [0.4, 0.5) is 11.8 Å². The lowest BCUT2D eigenvalue weighted by Gasteiger charge is -2.30. The molecule has 36 nitrogen and oxygen atoms in total. The van der Waals surface area contributed by atoms with E-state index in [2.05, 4.69) is 33.5 Å². The Bertz CT molecular complexity index is 3270. The molecule has 5 aromatic rings. The fourth-order valence-corrected chi connectivity index (χ4v) is 12.9. The van der Waals surface area contributed by atoms with Crippen LogP contribution in [0.15, 0.2) is 45.6 Å². The van der Waals surface area contributed by atoms with Gasteiger partial charge < -0.3 is 81.8 Å². The molecular formula is C33H46BN12O24P4. The smallest absolute Gasteiger partial charge is 0.443 e. The highest BCUT2D eigenvalue weighted by Gasteiger charge is 2.53. The number of phosphoric acid groups is 3. The molecule has 3 aliphatic rings. The maximum atomic E-state index is 13.6. The van der Waals surface area contributed by atoms with E-state index in [4.69, 9.17) is 60.8 Å². The van der Waals surface area contributed by atoms with Gasteiger partial charge in [-0.3, -0.25) is 46.8 Å². The highest BCUT2D eigenvalue weighted by Crippen LogP contribution is 2.68. The lowest BCUT2D eigenvalue weighted by atomic mass is 9.99. The van der Waals surface area contributed by atoms with Gasteiger partial charge in [-0.1, -0.05) is 4.98 Å². The molecule has 0 aromatic carbocycles. The Morgan fingerprint density at radius 3 is 2.19 bits per heavy atom. The van der Waals surface area contributed by atoms with Crippen LogP contribution in [-0.4, -0.2) is 171 Å². The molecule has 8 rings (SSSR count). The summed E-state index contributed by atoms with van der Waals surface area (Å²) in [5, 5.41) is 32.5. The highest BCUT2D eigenvalue weighted by atomic mass is 31.3. The third-order valence-corrected chi connectivity index (χ3v) is 16.9. The molecule has 0 aliphatic carbocycles. The van der Waals surface area contributed by atoms with Gasteiger partial charge >= 0.3 is 34.8 Å². The Labute approximate surface area is 413 Å². The maximum Gasteiger partial charge on any atom is 0.485 e. The van der Waals surface area contributed by atoms with Crippen LogP contribution in [-0.2, 0) is 75.7 Å². The van der Waals surface area contributed by atoms with Crippen molar-refractivity contribution < 1.29 is 103 Å². The van der Waals surface area contributed by atoms with E-state index in [9.17, 15) is 62.6 Å². The Kier molecular flexibility index (Phi) is 16.2. The number of nitrogen functional groups attached to an aromatic ring is 2. The van der Waals surface area contributed by atoms with Crippen molar-refractivity contribution in [2.75, 3.05) is 52.1 Å². The van der Waals surface area contributed by atoms with E-state index in [1.165, 1.54) is 34.2 Å². The predicted octanol–water partition coefficient (Wildman–Crippen LogP) is -3.80. The molecule has 3 radical (unpaired) electrons. The number of aliphatic hydroxyl groups is 3. The van der Waals surface area contributed by atoms with Crippen LogP contribution in [0.5, 0.6) is 0 Å². The number of imidazole rings is 2. The molecule has 3 aliphatic heterocycles. The normalized spacial score (nSPS) is 30.6. The minimum Gasteiger partial charge on any atom is -0.443 e. The van der Waals surface area contributed by atoms with E-state index in [1.807, 2.05) is 4.98 Å². The minimum absolute atomic E-state index is 0.00315. The Hall–Kier alpha value is -4.52. The summed E-state index contributed by atoms with van der Waals surface area (Å²) >= 11 is 0. The van der Waals surface area contributed by atoms with Gasteiger partial charge in [0.15, 0.2) is 30.2 Å². The van der Waals surface area contributed by atoms with Gasteiger partial charge in [0.25, 0.3) is 17.1 Å². The fourth-order valence-electron chi connectivity index (χ4n) is 8.30. The predicted molar refractivity (Wildman–Crippen MR) is 241 cm³/mol. The summed E-state index contributed by atoms with van der Waals surface area (Å²) in [6, 6.07) is 0.930. The van der Waals surface area contributed by atoms with Crippen LogP contribution in [0.25, 0.3) is 22.3 Å². The Morgan fingerprint density at radius 1 is 0.797 bits per heavy atom. The summed E-state index contributed by atoms with van der Waals surface area (Å²) in [7, 11) is -13.2. The molecule has 12 N–H and O–H groups in total. The fraction of sp³-hybridized carbons (Fsp3) is 0.576. The van der Waals surface area contributed by atoms with Gasteiger partial charge in [0.2, 0.25) is 11.7 Å². The quantitative estimate of drug-likeness (QED) is 0.0191. The van der Waals surface area contributed by atoms with E-state index in [0.717, 1.165) is 36.6 Å². The van der Waals surface area contributed by atoms with Crippen LogP contribution in [0.2, 0.25) is 0 Å². The summed E-state index contributed by atoms with van der Waals surface area (Å²) < 4.78 is 115. The number of aliphatic hydroxyl groups excluding tert-OH is 3. The standard InChI is InChI=1S/C33H45BN12O24P4/c1-43-12-46(27-19(43)28(51)42-32(36)41-27)29-20(48)13(6-60-2)14(65-29)7-62-71(34,53)69-74(58,59)70-73(56,57)64-9-16-23(24(61-3)31(67-16)45-11-39-18-25(35)37-10-38-26(18)45)68-72(54,55)63-8-15-21(49)22(50)30(66-15)44-5-4-17(47)40-33(44)52/h4-5,10-16,20-24,29-31,48-50H,6-9H2,1-3H3,(H8-,35,36,37,38,40,41,42,47,51,52,54,55,56,57,58,59)/q-1/p+1/t13-,14-,15-,16?,20-,21-,22-,23-,24-,29-,30-,31-,71?/m1/s1. The van der Waals surface area contributed by atoms with Gasteiger partial charge in [0, 0.05) is 32.4 Å². The average molecular weight is 1130 g/mol. The van der Waals surface area contributed by atoms with E-state index in [-0.39, 0.29) is 40.7 Å². The van der Waals surface area contributed by atoms with Gasteiger partial charge in [-0.25, -0.2) is 42.3 Å². The second-order valence-electron chi connectivity index (χ2n) is 16.4. The molecule has 5 unspecified atom stereocenters. The zero-order valence-corrected chi connectivity index (χ0v) is 41.9. The number of aryl methyl sites for hydroxylation is 1. The number of nitrogens with one attached hydrogen (secondary N) is 2. The molecule has 74 heavy (non-hydrogen) atoms.